The molecule has 0 saturated carbocycles. The zero-order chi connectivity index (χ0) is 11.1. The highest BCUT2D eigenvalue weighted by Crippen LogP contribution is 2.19. The van der Waals surface area contributed by atoms with Gasteiger partial charge in [-0.05, 0) is 38.7 Å². The van der Waals surface area contributed by atoms with Gasteiger partial charge in [-0.25, -0.2) is 0 Å². The Morgan fingerprint density at radius 1 is 1.47 bits per heavy atom. The van der Waals surface area contributed by atoms with Gasteiger partial charge in [-0.15, -0.1) is 5.92 Å². The molecule has 1 saturated heterocycles. The Balaban J connectivity index is 2.40. The molecule has 15 heavy (non-hydrogen) atoms. The molecule has 0 atom stereocenters. The smallest absolute Gasteiger partial charge is 0.186 e. The summed E-state index contributed by atoms with van der Waals surface area (Å²) in [4.78, 5) is 2.32. The Bertz CT molecular complexity index is 264. The number of ether oxygens (including phenoxy) is 1. The van der Waals surface area contributed by atoms with E-state index in [0.29, 0.717) is 6.61 Å². The van der Waals surface area contributed by atoms with Gasteiger partial charge >= 0.3 is 0 Å². The fraction of sp³-hybridized carbons (Fsp3) is 0.692. The van der Waals surface area contributed by atoms with Gasteiger partial charge in [0.2, 0.25) is 0 Å². The van der Waals surface area contributed by atoms with Crippen molar-refractivity contribution in [3.63, 3.8) is 0 Å². The van der Waals surface area contributed by atoms with Crippen molar-refractivity contribution in [2.45, 2.75) is 33.6 Å². The Hall–Kier alpha value is -1.10. The van der Waals surface area contributed by atoms with Gasteiger partial charge < -0.3 is 9.64 Å². The van der Waals surface area contributed by atoms with Gasteiger partial charge in [0.05, 0.1) is 0 Å². The third-order valence-electron chi connectivity index (χ3n) is 2.81. The third kappa shape index (κ3) is 3.87. The number of likely N-dealkylation sites (tertiary alicyclic amines) is 1. The van der Waals surface area contributed by atoms with Crippen molar-refractivity contribution in [1.82, 2.24) is 4.90 Å². The first-order valence-electron chi connectivity index (χ1n) is 5.71. The minimum absolute atomic E-state index is 0.502. The van der Waals surface area contributed by atoms with Gasteiger partial charge in [0.25, 0.3) is 0 Å². The molecule has 2 nitrogen and oxygen atoms in total. The van der Waals surface area contributed by atoms with Crippen molar-refractivity contribution in [2.75, 3.05) is 19.7 Å². The van der Waals surface area contributed by atoms with Crippen LogP contribution >= 0.6 is 0 Å². The molecule has 1 fully saturated rings. The molecular weight excluding hydrogens is 186 g/mol. The van der Waals surface area contributed by atoms with Crippen LogP contribution in [0.2, 0.25) is 0 Å². The molecule has 0 bridgehead atoms. The van der Waals surface area contributed by atoms with Gasteiger partial charge in [0, 0.05) is 13.1 Å². The lowest BCUT2D eigenvalue weighted by atomic mass is 9.99. The molecule has 84 valence electrons. The zero-order valence-corrected chi connectivity index (χ0v) is 10.0. The van der Waals surface area contributed by atoms with E-state index in [9.17, 15) is 0 Å². The average molecular weight is 207 g/mol. The summed E-state index contributed by atoms with van der Waals surface area (Å²) in [5.41, 5.74) is 0. The highest BCUT2D eigenvalue weighted by atomic mass is 16.5. The SMILES string of the molecule is CC#CCO/C(=C/C)N1CCC(C)CC1. The lowest BCUT2D eigenvalue weighted by molar-refractivity contribution is 0.105. The van der Waals surface area contributed by atoms with Crippen molar-refractivity contribution >= 4 is 0 Å². The van der Waals surface area contributed by atoms with Crippen molar-refractivity contribution in [2.24, 2.45) is 5.92 Å². The van der Waals surface area contributed by atoms with Crippen LogP contribution in [-0.4, -0.2) is 24.6 Å². The van der Waals surface area contributed by atoms with Gasteiger partial charge in [0.15, 0.2) is 12.5 Å². The van der Waals surface area contributed by atoms with Crippen LogP contribution in [0, 0.1) is 17.8 Å². The van der Waals surface area contributed by atoms with Gasteiger partial charge in [-0.3, -0.25) is 0 Å². The van der Waals surface area contributed by atoms with E-state index in [1.165, 1.54) is 12.8 Å². The molecule has 0 radical (unpaired) electrons. The normalized spacial score (nSPS) is 18.3. The first kappa shape index (κ1) is 12.0. The fourth-order valence-corrected chi connectivity index (χ4v) is 1.77. The molecule has 0 aromatic heterocycles. The molecule has 0 aliphatic carbocycles. The van der Waals surface area contributed by atoms with Crippen molar-refractivity contribution in [1.29, 1.82) is 0 Å². The average Bonchev–Trinajstić information content (AvgIpc) is 2.26. The molecular formula is C13H21NO. The highest BCUT2D eigenvalue weighted by molar-refractivity contribution is 4.99. The Labute approximate surface area is 93.3 Å². The highest BCUT2D eigenvalue weighted by Gasteiger charge is 2.17. The van der Waals surface area contributed by atoms with E-state index in [4.69, 9.17) is 4.74 Å². The second-order valence-electron chi connectivity index (χ2n) is 4.01. The van der Waals surface area contributed by atoms with E-state index in [1.807, 2.05) is 19.9 Å². The minimum Gasteiger partial charge on any atom is -0.466 e. The quantitative estimate of drug-likeness (QED) is 0.521. The molecule has 0 N–H and O–H groups in total. The lowest BCUT2D eigenvalue weighted by Crippen LogP contribution is -2.33. The lowest BCUT2D eigenvalue weighted by Gasteiger charge is -2.32. The first-order valence-corrected chi connectivity index (χ1v) is 5.71. The molecule has 0 unspecified atom stereocenters. The van der Waals surface area contributed by atoms with E-state index in [1.54, 1.807) is 0 Å². The molecule has 1 rings (SSSR count). The Morgan fingerprint density at radius 2 is 2.13 bits per heavy atom. The molecule has 2 heteroatoms. The summed E-state index contributed by atoms with van der Waals surface area (Å²) in [5, 5.41) is 0. The minimum atomic E-state index is 0.502. The second-order valence-corrected chi connectivity index (χ2v) is 4.01. The van der Waals surface area contributed by atoms with Crippen LogP contribution < -0.4 is 0 Å². The molecule has 0 aromatic rings. The number of hydrogen-bond acceptors (Lipinski definition) is 2. The topological polar surface area (TPSA) is 12.5 Å². The van der Waals surface area contributed by atoms with Crippen LogP contribution in [0.3, 0.4) is 0 Å². The van der Waals surface area contributed by atoms with E-state index in [-0.39, 0.29) is 0 Å². The number of nitrogens with zero attached hydrogens (tertiary/aromatic N) is 1. The van der Waals surface area contributed by atoms with E-state index >= 15 is 0 Å². The van der Waals surface area contributed by atoms with Gasteiger partial charge in [-0.1, -0.05) is 12.8 Å². The summed E-state index contributed by atoms with van der Waals surface area (Å²) < 4.78 is 5.62. The van der Waals surface area contributed by atoms with Crippen molar-refractivity contribution in [3.05, 3.63) is 12.0 Å². The van der Waals surface area contributed by atoms with E-state index in [2.05, 4.69) is 23.7 Å². The van der Waals surface area contributed by atoms with Crippen LogP contribution in [-0.2, 0) is 4.74 Å². The van der Waals surface area contributed by atoms with Crippen LogP contribution in [0.15, 0.2) is 12.0 Å². The standard InChI is InChI=1S/C13H21NO/c1-4-6-11-15-13(5-2)14-9-7-12(3)8-10-14/h5,12H,7-11H2,1-3H3/b13-5+. The van der Waals surface area contributed by atoms with Crippen LogP contribution in [0.25, 0.3) is 0 Å². The maximum atomic E-state index is 5.62. The Morgan fingerprint density at radius 3 is 2.67 bits per heavy atom. The summed E-state index contributed by atoms with van der Waals surface area (Å²) in [7, 11) is 0. The summed E-state index contributed by atoms with van der Waals surface area (Å²) in [6, 6.07) is 0. The monoisotopic (exact) mass is 207 g/mol. The summed E-state index contributed by atoms with van der Waals surface area (Å²) >= 11 is 0. The predicted octanol–water partition coefficient (Wildman–Crippen LogP) is 2.62. The number of piperidine rings is 1. The molecule has 1 aliphatic rings. The second kappa shape index (κ2) is 6.40. The predicted molar refractivity (Wildman–Crippen MR) is 63.1 cm³/mol. The zero-order valence-electron chi connectivity index (χ0n) is 10.0. The maximum Gasteiger partial charge on any atom is 0.186 e. The number of allylic oxidation sites excluding steroid dienone is 1. The molecule has 1 heterocycles. The summed E-state index contributed by atoms with van der Waals surface area (Å²) in [5.74, 6) is 7.60. The van der Waals surface area contributed by atoms with E-state index in [0.717, 1.165) is 24.9 Å². The first-order chi connectivity index (χ1) is 7.27. The van der Waals surface area contributed by atoms with E-state index < -0.39 is 0 Å². The van der Waals surface area contributed by atoms with Crippen molar-refractivity contribution < 1.29 is 4.74 Å². The van der Waals surface area contributed by atoms with Gasteiger partial charge in [0.1, 0.15) is 0 Å². The van der Waals surface area contributed by atoms with Crippen LogP contribution in [0.1, 0.15) is 33.6 Å². The summed E-state index contributed by atoms with van der Waals surface area (Å²) in [6.45, 7) is 8.90. The Kier molecular flexibility index (Phi) is 5.10. The largest absolute Gasteiger partial charge is 0.466 e. The summed E-state index contributed by atoms with van der Waals surface area (Å²) in [6.07, 6.45) is 4.56. The van der Waals surface area contributed by atoms with Crippen LogP contribution in [0.5, 0.6) is 0 Å². The fourth-order valence-electron chi connectivity index (χ4n) is 1.77. The molecule has 0 amide bonds. The maximum absolute atomic E-state index is 5.62. The van der Waals surface area contributed by atoms with Gasteiger partial charge in [-0.2, -0.15) is 0 Å². The van der Waals surface area contributed by atoms with Crippen LogP contribution in [0.4, 0.5) is 0 Å². The molecule has 0 spiro atoms. The van der Waals surface area contributed by atoms with Crippen molar-refractivity contribution in [3.8, 4) is 11.8 Å². The molecule has 0 aromatic carbocycles. The third-order valence-corrected chi connectivity index (χ3v) is 2.81. The number of hydrogen-bond donors (Lipinski definition) is 0. The number of rotatable bonds is 3. The molecule has 1 aliphatic heterocycles.